The van der Waals surface area contributed by atoms with Gasteiger partial charge in [-0.05, 0) is 41.1 Å². The van der Waals surface area contributed by atoms with Crippen LogP contribution in [0.15, 0.2) is 30.6 Å². The molecule has 1 atom stereocenters. The normalized spacial score (nSPS) is 11.9. The maximum atomic E-state index is 12.0. The van der Waals surface area contributed by atoms with E-state index in [1.807, 2.05) is 6.92 Å². The molecule has 0 aliphatic rings. The molecule has 0 radical (unpaired) electrons. The van der Waals surface area contributed by atoms with E-state index in [0.29, 0.717) is 24.1 Å². The van der Waals surface area contributed by atoms with Crippen molar-refractivity contribution in [1.29, 1.82) is 0 Å². The summed E-state index contributed by atoms with van der Waals surface area (Å²) in [6.07, 6.45) is 2.51. The molecule has 21 heavy (non-hydrogen) atoms. The molecule has 8 nitrogen and oxygen atoms in total. The van der Waals surface area contributed by atoms with Crippen LogP contribution in [0.3, 0.4) is 0 Å². The van der Waals surface area contributed by atoms with Gasteiger partial charge in [-0.2, -0.15) is 0 Å². The topological polar surface area (TPSA) is 110 Å². The van der Waals surface area contributed by atoms with Crippen molar-refractivity contribution in [3.8, 4) is 5.69 Å². The van der Waals surface area contributed by atoms with Gasteiger partial charge in [-0.15, -0.1) is 5.10 Å². The molecule has 0 saturated carbocycles. The molecule has 1 unspecified atom stereocenters. The minimum Gasteiger partial charge on any atom is -0.480 e. The van der Waals surface area contributed by atoms with Crippen LogP contribution < -0.4 is 5.32 Å². The van der Waals surface area contributed by atoms with Crippen LogP contribution in [0.5, 0.6) is 0 Å². The van der Waals surface area contributed by atoms with Gasteiger partial charge in [-0.25, -0.2) is 9.48 Å². The SMILES string of the molecule is CCCC(NC(=O)c1ccc(-n2cnnn2)cc1)C(=O)O. The van der Waals surface area contributed by atoms with Crippen molar-refractivity contribution in [2.75, 3.05) is 0 Å². The molecule has 2 aromatic rings. The summed E-state index contributed by atoms with van der Waals surface area (Å²) in [4.78, 5) is 23.0. The molecule has 0 aliphatic heterocycles. The molecule has 1 heterocycles. The fraction of sp³-hybridized carbons (Fsp3) is 0.308. The molecule has 8 heteroatoms. The van der Waals surface area contributed by atoms with E-state index < -0.39 is 17.9 Å². The minimum absolute atomic E-state index is 0.383. The first-order chi connectivity index (χ1) is 10.1. The van der Waals surface area contributed by atoms with Crippen LogP contribution in [0.2, 0.25) is 0 Å². The Morgan fingerprint density at radius 2 is 2.05 bits per heavy atom. The Morgan fingerprint density at radius 1 is 1.33 bits per heavy atom. The number of hydrogen-bond acceptors (Lipinski definition) is 5. The van der Waals surface area contributed by atoms with Gasteiger partial charge in [0, 0.05) is 5.56 Å². The molecule has 2 rings (SSSR count). The van der Waals surface area contributed by atoms with Crippen LogP contribution in [0.4, 0.5) is 0 Å². The van der Waals surface area contributed by atoms with Gasteiger partial charge in [0.2, 0.25) is 0 Å². The number of nitrogens with zero attached hydrogens (tertiary/aromatic N) is 4. The van der Waals surface area contributed by atoms with E-state index in [9.17, 15) is 9.59 Å². The largest absolute Gasteiger partial charge is 0.480 e. The van der Waals surface area contributed by atoms with E-state index in [0.717, 1.165) is 0 Å². The summed E-state index contributed by atoms with van der Waals surface area (Å²) in [6, 6.07) is 5.68. The number of amides is 1. The lowest BCUT2D eigenvalue weighted by molar-refractivity contribution is -0.139. The van der Waals surface area contributed by atoms with Crippen molar-refractivity contribution in [3.05, 3.63) is 36.2 Å². The Morgan fingerprint density at radius 3 is 2.57 bits per heavy atom. The molecule has 0 fully saturated rings. The van der Waals surface area contributed by atoms with Crippen molar-refractivity contribution in [2.24, 2.45) is 0 Å². The van der Waals surface area contributed by atoms with E-state index in [2.05, 4.69) is 20.8 Å². The average Bonchev–Trinajstić information content (AvgIpc) is 3.01. The molecule has 1 aromatic carbocycles. The summed E-state index contributed by atoms with van der Waals surface area (Å²) in [6.45, 7) is 1.86. The molecule has 0 aliphatic carbocycles. The maximum absolute atomic E-state index is 12.0. The second-order valence-electron chi connectivity index (χ2n) is 4.45. The van der Waals surface area contributed by atoms with Crippen molar-refractivity contribution in [1.82, 2.24) is 25.5 Å². The summed E-state index contributed by atoms with van der Waals surface area (Å²) < 4.78 is 1.46. The number of carbonyl (C=O) groups is 2. The molecule has 0 bridgehead atoms. The highest BCUT2D eigenvalue weighted by atomic mass is 16.4. The summed E-state index contributed by atoms with van der Waals surface area (Å²) in [5, 5.41) is 22.3. The van der Waals surface area contributed by atoms with E-state index >= 15 is 0 Å². The average molecular weight is 289 g/mol. The molecule has 1 aromatic heterocycles. The molecule has 1 amide bonds. The van der Waals surface area contributed by atoms with Gasteiger partial charge in [0.05, 0.1) is 5.69 Å². The lowest BCUT2D eigenvalue weighted by Crippen LogP contribution is -2.40. The summed E-state index contributed by atoms with van der Waals surface area (Å²) in [5.41, 5.74) is 1.09. The molecule has 110 valence electrons. The number of nitrogens with one attached hydrogen (secondary N) is 1. The number of carbonyl (C=O) groups excluding carboxylic acids is 1. The highest BCUT2D eigenvalue weighted by Gasteiger charge is 2.19. The van der Waals surface area contributed by atoms with Crippen molar-refractivity contribution in [3.63, 3.8) is 0 Å². The standard InChI is InChI=1S/C13H15N5O3/c1-2-3-11(13(20)21)15-12(19)9-4-6-10(7-5-9)18-8-14-16-17-18/h4-8,11H,2-3H2,1H3,(H,15,19)(H,20,21). The highest BCUT2D eigenvalue weighted by molar-refractivity contribution is 5.96. The third-order valence-electron chi connectivity index (χ3n) is 2.92. The predicted octanol–water partition coefficient (Wildman–Crippen LogP) is 0.645. The number of carboxylic acid groups (broad SMARTS) is 1. The Bertz CT molecular complexity index is 609. The van der Waals surface area contributed by atoms with Crippen LogP contribution in [0, 0.1) is 0 Å². The fourth-order valence-corrected chi connectivity index (χ4v) is 1.83. The van der Waals surface area contributed by atoms with Crippen LogP contribution in [0.25, 0.3) is 5.69 Å². The third-order valence-corrected chi connectivity index (χ3v) is 2.92. The van der Waals surface area contributed by atoms with E-state index in [4.69, 9.17) is 5.11 Å². The minimum atomic E-state index is -1.03. The van der Waals surface area contributed by atoms with Crippen molar-refractivity contribution >= 4 is 11.9 Å². The van der Waals surface area contributed by atoms with Crippen LogP contribution in [-0.2, 0) is 4.79 Å². The lowest BCUT2D eigenvalue weighted by atomic mass is 10.1. The first kappa shape index (κ1) is 14.6. The first-order valence-electron chi connectivity index (χ1n) is 6.49. The summed E-state index contributed by atoms with van der Waals surface area (Å²) in [5.74, 6) is -1.45. The summed E-state index contributed by atoms with van der Waals surface area (Å²) in [7, 11) is 0. The number of hydrogen-bond donors (Lipinski definition) is 2. The Kier molecular flexibility index (Phi) is 4.60. The zero-order valence-corrected chi connectivity index (χ0v) is 11.4. The third kappa shape index (κ3) is 3.62. The summed E-state index contributed by atoms with van der Waals surface area (Å²) >= 11 is 0. The zero-order chi connectivity index (χ0) is 15.2. The maximum Gasteiger partial charge on any atom is 0.326 e. The van der Waals surface area contributed by atoms with Gasteiger partial charge < -0.3 is 10.4 Å². The van der Waals surface area contributed by atoms with Gasteiger partial charge in [0.25, 0.3) is 5.91 Å². The number of aliphatic carboxylic acids is 1. The molecular formula is C13H15N5O3. The van der Waals surface area contributed by atoms with Gasteiger partial charge in [0.15, 0.2) is 0 Å². The van der Waals surface area contributed by atoms with Gasteiger partial charge in [-0.3, -0.25) is 4.79 Å². The monoisotopic (exact) mass is 289 g/mol. The highest BCUT2D eigenvalue weighted by Crippen LogP contribution is 2.08. The smallest absolute Gasteiger partial charge is 0.326 e. The second kappa shape index (κ2) is 6.60. The van der Waals surface area contributed by atoms with Crippen LogP contribution in [-0.4, -0.2) is 43.2 Å². The molecule has 0 spiro atoms. The fourth-order valence-electron chi connectivity index (χ4n) is 1.83. The zero-order valence-electron chi connectivity index (χ0n) is 11.4. The quantitative estimate of drug-likeness (QED) is 0.807. The van der Waals surface area contributed by atoms with E-state index in [1.165, 1.54) is 11.0 Å². The Balaban J connectivity index is 2.07. The Hall–Kier alpha value is -2.77. The van der Waals surface area contributed by atoms with Crippen molar-refractivity contribution < 1.29 is 14.7 Å². The van der Waals surface area contributed by atoms with Gasteiger partial charge in [-0.1, -0.05) is 13.3 Å². The Labute approximate surface area is 120 Å². The molecule has 2 N–H and O–H groups in total. The van der Waals surface area contributed by atoms with Crippen molar-refractivity contribution in [2.45, 2.75) is 25.8 Å². The first-order valence-corrected chi connectivity index (χ1v) is 6.49. The molecule has 0 saturated heterocycles. The van der Waals surface area contributed by atoms with E-state index in [-0.39, 0.29) is 0 Å². The molecular weight excluding hydrogens is 274 g/mol. The number of benzene rings is 1. The number of carboxylic acids is 1. The number of aromatic nitrogens is 4. The predicted molar refractivity (Wildman–Crippen MR) is 73.0 cm³/mol. The van der Waals surface area contributed by atoms with Gasteiger partial charge >= 0.3 is 5.97 Å². The number of rotatable bonds is 6. The van der Waals surface area contributed by atoms with Gasteiger partial charge in [0.1, 0.15) is 12.4 Å². The number of tetrazole rings is 1. The second-order valence-corrected chi connectivity index (χ2v) is 4.45. The van der Waals surface area contributed by atoms with Crippen LogP contribution in [0.1, 0.15) is 30.1 Å². The lowest BCUT2D eigenvalue weighted by Gasteiger charge is -2.13. The van der Waals surface area contributed by atoms with E-state index in [1.54, 1.807) is 24.3 Å². The van der Waals surface area contributed by atoms with Crippen LogP contribution >= 0.6 is 0 Å².